The Bertz CT molecular complexity index is 1100. The maximum Gasteiger partial charge on any atom is 0.286 e. The molecule has 3 aromatic rings. The van der Waals surface area contributed by atoms with E-state index in [1.54, 1.807) is 7.11 Å². The van der Waals surface area contributed by atoms with Gasteiger partial charge in [-0.3, -0.25) is 14.9 Å². The number of ether oxygens (including phenoxy) is 1. The molecule has 0 unspecified atom stereocenters. The van der Waals surface area contributed by atoms with Crippen LogP contribution in [0.5, 0.6) is 5.75 Å². The molecule has 0 aliphatic heterocycles. The van der Waals surface area contributed by atoms with Gasteiger partial charge in [0.05, 0.1) is 22.2 Å². The average molecular weight is 406 g/mol. The third-order valence-corrected chi connectivity index (χ3v) is 5.20. The number of halogens is 1. The van der Waals surface area contributed by atoms with Gasteiger partial charge in [-0.15, -0.1) is 0 Å². The molecular weight excluding hydrogens is 390 g/mol. The molecular formula is C18H16ClN3O4S. The van der Waals surface area contributed by atoms with Crippen LogP contribution in [0.1, 0.15) is 23.7 Å². The molecule has 0 saturated carbocycles. The molecule has 0 aliphatic rings. The maximum absolute atomic E-state index is 12.7. The topological polar surface area (TPSA) is 86.7 Å². The smallest absolute Gasteiger partial charge is 0.286 e. The van der Waals surface area contributed by atoms with Crippen molar-refractivity contribution >= 4 is 44.7 Å². The Morgan fingerprint density at radius 2 is 2.11 bits per heavy atom. The number of methoxy groups -OCH3 is 1. The van der Waals surface area contributed by atoms with E-state index in [2.05, 4.69) is 4.99 Å². The van der Waals surface area contributed by atoms with Gasteiger partial charge in [0.2, 0.25) is 0 Å². The molecule has 140 valence electrons. The second-order valence-corrected chi connectivity index (χ2v) is 7.15. The Balaban J connectivity index is 2.18. The second-order valence-electron chi connectivity index (χ2n) is 5.71. The predicted molar refractivity (Wildman–Crippen MR) is 105 cm³/mol. The number of rotatable bonds is 5. The Morgan fingerprint density at radius 1 is 1.33 bits per heavy atom. The predicted octanol–water partition coefficient (Wildman–Crippen LogP) is 4.42. The molecule has 7 nitrogen and oxygen atoms in total. The summed E-state index contributed by atoms with van der Waals surface area (Å²) in [7, 11) is 1.59. The number of aromatic nitrogens is 1. The van der Waals surface area contributed by atoms with Crippen molar-refractivity contribution in [2.45, 2.75) is 19.9 Å². The van der Waals surface area contributed by atoms with Crippen LogP contribution < -0.4 is 9.54 Å². The summed E-state index contributed by atoms with van der Waals surface area (Å²) >= 11 is 7.24. The highest BCUT2D eigenvalue weighted by molar-refractivity contribution is 7.16. The van der Waals surface area contributed by atoms with E-state index in [1.807, 2.05) is 29.7 Å². The van der Waals surface area contributed by atoms with Crippen LogP contribution in [0.2, 0.25) is 5.02 Å². The van der Waals surface area contributed by atoms with Gasteiger partial charge < -0.3 is 9.30 Å². The monoisotopic (exact) mass is 405 g/mol. The number of nitrogens with zero attached hydrogens (tertiary/aromatic N) is 3. The minimum Gasteiger partial charge on any atom is -0.497 e. The summed E-state index contributed by atoms with van der Waals surface area (Å²) in [5, 5.41) is 11.5. The summed E-state index contributed by atoms with van der Waals surface area (Å²) in [6.07, 6.45) is 0.844. The quantitative estimate of drug-likeness (QED) is 0.464. The summed E-state index contributed by atoms with van der Waals surface area (Å²) in [5.74, 6) is 0.00308. The molecule has 9 heteroatoms. The van der Waals surface area contributed by atoms with Gasteiger partial charge in [-0.1, -0.05) is 29.9 Å². The first kappa shape index (κ1) is 19.1. The van der Waals surface area contributed by atoms with Crippen molar-refractivity contribution in [3.05, 3.63) is 61.9 Å². The molecule has 0 radical (unpaired) electrons. The molecule has 27 heavy (non-hydrogen) atoms. The van der Waals surface area contributed by atoms with Gasteiger partial charge in [0.15, 0.2) is 4.80 Å². The van der Waals surface area contributed by atoms with Gasteiger partial charge in [-0.25, -0.2) is 0 Å². The lowest BCUT2D eigenvalue weighted by Crippen LogP contribution is -2.17. The first-order chi connectivity index (χ1) is 12.9. The van der Waals surface area contributed by atoms with Crippen molar-refractivity contribution in [2.75, 3.05) is 7.11 Å². The fraction of sp³-hybridized carbons (Fsp3) is 0.222. The Morgan fingerprint density at radius 3 is 2.78 bits per heavy atom. The molecule has 0 saturated heterocycles. The van der Waals surface area contributed by atoms with Crippen LogP contribution in [-0.2, 0) is 6.54 Å². The van der Waals surface area contributed by atoms with Crippen molar-refractivity contribution in [1.29, 1.82) is 0 Å². The number of nitro benzene ring substituents is 1. The molecule has 1 aromatic heterocycles. The van der Waals surface area contributed by atoms with E-state index in [9.17, 15) is 14.9 Å². The molecule has 0 N–H and O–H groups in total. The average Bonchev–Trinajstić information content (AvgIpc) is 2.98. The minimum atomic E-state index is -0.701. The van der Waals surface area contributed by atoms with Gasteiger partial charge in [-0.05, 0) is 36.8 Å². The van der Waals surface area contributed by atoms with E-state index in [4.69, 9.17) is 16.3 Å². The largest absolute Gasteiger partial charge is 0.497 e. The molecule has 2 aromatic carbocycles. The van der Waals surface area contributed by atoms with E-state index in [-0.39, 0.29) is 16.3 Å². The highest BCUT2D eigenvalue weighted by Crippen LogP contribution is 2.25. The van der Waals surface area contributed by atoms with Crippen LogP contribution in [0.15, 0.2) is 41.4 Å². The Labute approximate surface area is 163 Å². The van der Waals surface area contributed by atoms with Gasteiger partial charge in [0.25, 0.3) is 11.6 Å². The van der Waals surface area contributed by atoms with E-state index in [0.29, 0.717) is 17.1 Å². The lowest BCUT2D eigenvalue weighted by Gasteiger charge is -2.04. The van der Waals surface area contributed by atoms with Gasteiger partial charge in [-0.2, -0.15) is 4.99 Å². The van der Waals surface area contributed by atoms with Crippen LogP contribution in [0.4, 0.5) is 5.69 Å². The fourth-order valence-corrected chi connectivity index (χ4v) is 3.95. The molecule has 1 heterocycles. The van der Waals surface area contributed by atoms with Crippen molar-refractivity contribution in [3.8, 4) is 5.75 Å². The zero-order valence-electron chi connectivity index (χ0n) is 14.6. The van der Waals surface area contributed by atoms with Crippen LogP contribution in [0.3, 0.4) is 0 Å². The van der Waals surface area contributed by atoms with Crippen LogP contribution in [0, 0.1) is 10.1 Å². The van der Waals surface area contributed by atoms with E-state index in [1.165, 1.54) is 29.5 Å². The Kier molecular flexibility index (Phi) is 5.57. The molecule has 0 spiro atoms. The summed E-state index contributed by atoms with van der Waals surface area (Å²) in [6, 6.07) is 9.48. The molecule has 0 fully saturated rings. The van der Waals surface area contributed by atoms with Crippen molar-refractivity contribution in [2.24, 2.45) is 4.99 Å². The van der Waals surface area contributed by atoms with Crippen molar-refractivity contribution < 1.29 is 14.5 Å². The van der Waals surface area contributed by atoms with Crippen LogP contribution in [-0.4, -0.2) is 22.5 Å². The van der Waals surface area contributed by atoms with E-state index < -0.39 is 10.8 Å². The molecule has 1 amide bonds. The first-order valence-electron chi connectivity index (χ1n) is 8.15. The van der Waals surface area contributed by atoms with Gasteiger partial charge >= 0.3 is 0 Å². The number of fused-ring (bicyclic) bond motifs is 1. The number of nitro groups is 1. The van der Waals surface area contributed by atoms with E-state index in [0.717, 1.165) is 16.6 Å². The van der Waals surface area contributed by atoms with Crippen LogP contribution >= 0.6 is 22.9 Å². The molecule has 0 atom stereocenters. The summed E-state index contributed by atoms with van der Waals surface area (Å²) in [4.78, 5) is 27.9. The zero-order chi connectivity index (χ0) is 19.6. The van der Waals surface area contributed by atoms with Gasteiger partial charge in [0, 0.05) is 17.6 Å². The van der Waals surface area contributed by atoms with E-state index >= 15 is 0 Å². The molecule has 0 aliphatic carbocycles. The normalized spacial score (nSPS) is 11.7. The zero-order valence-corrected chi connectivity index (χ0v) is 16.2. The lowest BCUT2D eigenvalue weighted by atomic mass is 10.2. The summed E-state index contributed by atoms with van der Waals surface area (Å²) in [6.45, 7) is 2.68. The lowest BCUT2D eigenvalue weighted by molar-refractivity contribution is -0.385. The van der Waals surface area contributed by atoms with Crippen molar-refractivity contribution in [3.63, 3.8) is 0 Å². The standard InChI is InChI=1S/C18H16ClN3O4S/c1-3-8-21-15-7-5-12(26-2)10-16(15)27-18(21)20-17(23)13-9-11(19)4-6-14(13)22(24)25/h4-7,9-10H,3,8H2,1-2H3. The number of aryl methyl sites for hydroxylation is 1. The Hall–Kier alpha value is -2.71. The molecule has 0 bridgehead atoms. The first-order valence-corrected chi connectivity index (χ1v) is 9.34. The summed E-state index contributed by atoms with van der Waals surface area (Å²) < 4.78 is 8.08. The van der Waals surface area contributed by atoms with Crippen LogP contribution in [0.25, 0.3) is 10.2 Å². The minimum absolute atomic E-state index is 0.134. The van der Waals surface area contributed by atoms with Crippen molar-refractivity contribution in [1.82, 2.24) is 4.57 Å². The maximum atomic E-state index is 12.7. The highest BCUT2D eigenvalue weighted by atomic mass is 35.5. The number of amides is 1. The summed E-state index contributed by atoms with van der Waals surface area (Å²) in [5.41, 5.74) is 0.471. The number of carbonyl (C=O) groups excluding carboxylic acids is 1. The number of hydrogen-bond acceptors (Lipinski definition) is 5. The third-order valence-electron chi connectivity index (χ3n) is 3.92. The highest BCUT2D eigenvalue weighted by Gasteiger charge is 2.20. The number of benzene rings is 2. The number of carbonyl (C=O) groups is 1. The second kappa shape index (κ2) is 7.89. The number of hydrogen-bond donors (Lipinski definition) is 0. The number of thiazole rings is 1. The fourth-order valence-electron chi connectivity index (χ4n) is 2.69. The molecule has 3 rings (SSSR count). The third kappa shape index (κ3) is 3.86. The SMILES string of the molecule is CCCn1c(=NC(=O)c2cc(Cl)ccc2[N+](=O)[O-])sc2cc(OC)ccc21. The van der Waals surface area contributed by atoms with Gasteiger partial charge in [0.1, 0.15) is 11.3 Å².